The van der Waals surface area contributed by atoms with Crippen LogP contribution in [0.3, 0.4) is 0 Å². The SMILES string of the molecule is COc1ccc(S(=O)(=O)N[C@H](C(=O)Nc2cccc(S(=O)(=O)C3CCCC3)c2)C(C)C)cc1. The van der Waals surface area contributed by atoms with E-state index in [1.165, 1.54) is 43.5 Å². The number of hydrogen-bond acceptors (Lipinski definition) is 6. The van der Waals surface area contributed by atoms with Crippen molar-refractivity contribution >= 4 is 31.5 Å². The zero-order chi connectivity index (χ0) is 24.2. The van der Waals surface area contributed by atoms with Crippen LogP contribution in [0.25, 0.3) is 0 Å². The highest BCUT2D eigenvalue weighted by molar-refractivity contribution is 7.92. The molecule has 2 aromatic rings. The Hall–Kier alpha value is -2.43. The van der Waals surface area contributed by atoms with Gasteiger partial charge in [0.25, 0.3) is 0 Å². The highest BCUT2D eigenvalue weighted by Gasteiger charge is 2.31. The first kappa shape index (κ1) is 25.2. The molecule has 0 spiro atoms. The van der Waals surface area contributed by atoms with Crippen LogP contribution >= 0.6 is 0 Å². The second kappa shape index (κ2) is 10.2. The maximum Gasteiger partial charge on any atom is 0.242 e. The van der Waals surface area contributed by atoms with E-state index in [2.05, 4.69) is 10.0 Å². The van der Waals surface area contributed by atoms with E-state index in [1.807, 2.05) is 0 Å². The lowest BCUT2D eigenvalue weighted by atomic mass is 10.0. The average Bonchev–Trinajstić information content (AvgIpc) is 3.33. The van der Waals surface area contributed by atoms with Gasteiger partial charge in [-0.3, -0.25) is 4.79 Å². The Morgan fingerprint density at radius 2 is 1.61 bits per heavy atom. The number of hydrogen-bond donors (Lipinski definition) is 2. The molecule has 0 aliphatic heterocycles. The Morgan fingerprint density at radius 1 is 0.970 bits per heavy atom. The first-order valence-corrected chi connectivity index (χ1v) is 13.9. The summed E-state index contributed by atoms with van der Waals surface area (Å²) in [6.07, 6.45) is 3.07. The molecule has 0 bridgehead atoms. The summed E-state index contributed by atoms with van der Waals surface area (Å²) in [6, 6.07) is 10.9. The third-order valence-electron chi connectivity index (χ3n) is 5.77. The van der Waals surface area contributed by atoms with Crippen LogP contribution in [0.5, 0.6) is 5.75 Å². The van der Waals surface area contributed by atoms with Gasteiger partial charge in [0.2, 0.25) is 15.9 Å². The third-order valence-corrected chi connectivity index (χ3v) is 9.49. The molecule has 1 aliphatic rings. The monoisotopic (exact) mass is 494 g/mol. The second-order valence-corrected chi connectivity index (χ2v) is 12.4. The van der Waals surface area contributed by atoms with Crippen LogP contribution in [0.2, 0.25) is 0 Å². The highest BCUT2D eigenvalue weighted by Crippen LogP contribution is 2.30. The molecule has 3 rings (SSSR count). The van der Waals surface area contributed by atoms with Crippen LogP contribution in [0.15, 0.2) is 58.3 Å². The molecule has 8 nitrogen and oxygen atoms in total. The van der Waals surface area contributed by atoms with Gasteiger partial charge in [0, 0.05) is 5.69 Å². The van der Waals surface area contributed by atoms with Gasteiger partial charge in [-0.2, -0.15) is 4.72 Å². The Labute approximate surface area is 195 Å². The lowest BCUT2D eigenvalue weighted by Gasteiger charge is -2.22. The van der Waals surface area contributed by atoms with Gasteiger partial charge in [0.05, 0.1) is 22.2 Å². The summed E-state index contributed by atoms with van der Waals surface area (Å²) in [5.74, 6) is -0.416. The van der Waals surface area contributed by atoms with Gasteiger partial charge in [-0.1, -0.05) is 32.8 Å². The molecular formula is C23H30N2O6S2. The number of carbonyl (C=O) groups is 1. The molecule has 1 atom stereocenters. The van der Waals surface area contributed by atoms with Gasteiger partial charge in [-0.15, -0.1) is 0 Å². The van der Waals surface area contributed by atoms with Crippen LogP contribution in [-0.4, -0.2) is 41.1 Å². The van der Waals surface area contributed by atoms with Crippen LogP contribution < -0.4 is 14.8 Å². The number of sulfonamides is 1. The highest BCUT2D eigenvalue weighted by atomic mass is 32.2. The minimum absolute atomic E-state index is 0.00593. The van der Waals surface area contributed by atoms with Crippen molar-refractivity contribution in [3.8, 4) is 5.75 Å². The molecule has 1 saturated carbocycles. The minimum atomic E-state index is -3.97. The van der Waals surface area contributed by atoms with Gasteiger partial charge in [-0.25, -0.2) is 16.8 Å². The standard InChI is InChI=1S/C23H30N2O6S2/c1-16(2)22(25-33(29,30)20-13-11-18(31-3)12-14-20)23(26)24-17-7-6-10-21(15-17)32(27,28)19-8-4-5-9-19/h6-7,10-16,19,22,25H,4-5,8-9H2,1-3H3,(H,24,26)/t22-/m0/s1. The third kappa shape index (κ3) is 5.93. The molecule has 0 unspecified atom stereocenters. The first-order chi connectivity index (χ1) is 15.5. The van der Waals surface area contributed by atoms with E-state index in [1.54, 1.807) is 26.0 Å². The number of sulfone groups is 1. The number of carbonyl (C=O) groups excluding carboxylic acids is 1. The van der Waals surface area contributed by atoms with Crippen LogP contribution in [-0.2, 0) is 24.7 Å². The van der Waals surface area contributed by atoms with Crippen LogP contribution in [0.4, 0.5) is 5.69 Å². The van der Waals surface area contributed by atoms with Crippen LogP contribution in [0, 0.1) is 5.92 Å². The molecule has 2 aromatic carbocycles. The Morgan fingerprint density at radius 3 is 2.18 bits per heavy atom. The molecule has 1 aliphatic carbocycles. The maximum atomic E-state index is 13.0. The summed E-state index contributed by atoms with van der Waals surface area (Å²) in [7, 11) is -5.97. The van der Waals surface area contributed by atoms with Crippen molar-refractivity contribution in [2.24, 2.45) is 5.92 Å². The minimum Gasteiger partial charge on any atom is -0.497 e. The van der Waals surface area contributed by atoms with Crippen molar-refractivity contribution in [3.05, 3.63) is 48.5 Å². The fraction of sp³-hybridized carbons (Fsp3) is 0.435. The number of methoxy groups -OCH3 is 1. The summed E-state index contributed by atoms with van der Waals surface area (Å²) in [4.78, 5) is 13.1. The zero-order valence-electron chi connectivity index (χ0n) is 18.9. The molecule has 1 amide bonds. The predicted molar refractivity (Wildman–Crippen MR) is 126 cm³/mol. The molecule has 1 fully saturated rings. The number of benzene rings is 2. The summed E-state index contributed by atoms with van der Waals surface area (Å²) in [6.45, 7) is 3.45. The Bertz CT molecular complexity index is 1190. The molecule has 180 valence electrons. The number of rotatable bonds is 9. The van der Waals surface area contributed by atoms with Gasteiger partial charge >= 0.3 is 0 Å². The van der Waals surface area contributed by atoms with Crippen molar-refractivity contribution in [3.63, 3.8) is 0 Å². The van der Waals surface area contributed by atoms with Gasteiger partial charge in [0.1, 0.15) is 11.8 Å². The molecule has 0 aromatic heterocycles. The maximum absolute atomic E-state index is 13.0. The molecule has 2 N–H and O–H groups in total. The molecule has 0 saturated heterocycles. The number of anilines is 1. The van der Waals surface area contributed by atoms with Crippen molar-refractivity contribution in [2.75, 3.05) is 12.4 Å². The molecule has 0 radical (unpaired) electrons. The Balaban J connectivity index is 1.78. The topological polar surface area (TPSA) is 119 Å². The van der Waals surface area contributed by atoms with E-state index in [9.17, 15) is 21.6 Å². The molecular weight excluding hydrogens is 464 g/mol. The van der Waals surface area contributed by atoms with Gasteiger partial charge < -0.3 is 10.1 Å². The van der Waals surface area contributed by atoms with Crippen LogP contribution in [0.1, 0.15) is 39.5 Å². The summed E-state index contributed by atoms with van der Waals surface area (Å²) < 4.78 is 58.9. The van der Waals surface area contributed by atoms with E-state index in [-0.39, 0.29) is 15.7 Å². The molecule has 0 heterocycles. The normalized spacial score (nSPS) is 16.0. The summed E-state index contributed by atoms with van der Waals surface area (Å²) in [5.41, 5.74) is 0.299. The van der Waals surface area contributed by atoms with Crippen molar-refractivity contribution in [1.29, 1.82) is 0 Å². The second-order valence-electron chi connectivity index (χ2n) is 8.49. The Kier molecular flexibility index (Phi) is 7.81. The van der Waals surface area contributed by atoms with Crippen molar-refractivity contribution in [2.45, 2.75) is 60.6 Å². The van der Waals surface area contributed by atoms with E-state index in [0.29, 0.717) is 24.3 Å². The van der Waals surface area contributed by atoms with Crippen molar-refractivity contribution < 1.29 is 26.4 Å². The number of amides is 1. The summed E-state index contributed by atoms with van der Waals surface area (Å²) in [5, 5.41) is 2.27. The fourth-order valence-electron chi connectivity index (χ4n) is 3.84. The molecule has 10 heteroatoms. The van der Waals surface area contributed by atoms with E-state index in [0.717, 1.165) is 12.8 Å². The smallest absolute Gasteiger partial charge is 0.242 e. The summed E-state index contributed by atoms with van der Waals surface area (Å²) >= 11 is 0. The van der Waals surface area contributed by atoms with E-state index < -0.39 is 37.1 Å². The quantitative estimate of drug-likeness (QED) is 0.552. The van der Waals surface area contributed by atoms with E-state index >= 15 is 0 Å². The van der Waals surface area contributed by atoms with E-state index in [4.69, 9.17) is 4.74 Å². The predicted octanol–water partition coefficient (Wildman–Crippen LogP) is 3.35. The zero-order valence-corrected chi connectivity index (χ0v) is 20.6. The largest absolute Gasteiger partial charge is 0.497 e. The molecule has 33 heavy (non-hydrogen) atoms. The lowest BCUT2D eigenvalue weighted by Crippen LogP contribution is -2.47. The average molecular weight is 495 g/mol. The van der Waals surface area contributed by atoms with Crippen molar-refractivity contribution in [1.82, 2.24) is 4.72 Å². The first-order valence-electron chi connectivity index (χ1n) is 10.9. The fourth-order valence-corrected chi connectivity index (χ4v) is 7.09. The van der Waals surface area contributed by atoms with Gasteiger partial charge in [-0.05, 0) is 61.2 Å². The number of nitrogens with one attached hydrogen (secondary N) is 2. The van der Waals surface area contributed by atoms with Gasteiger partial charge in [0.15, 0.2) is 9.84 Å². The lowest BCUT2D eigenvalue weighted by molar-refractivity contribution is -0.118. The number of ether oxygens (including phenoxy) is 1.